The lowest BCUT2D eigenvalue weighted by Gasteiger charge is -2.26. The van der Waals surface area contributed by atoms with Gasteiger partial charge in [-0.3, -0.25) is 0 Å². The summed E-state index contributed by atoms with van der Waals surface area (Å²) in [5, 5.41) is 5.01. The van der Waals surface area contributed by atoms with Gasteiger partial charge in [-0.1, -0.05) is 0 Å². The van der Waals surface area contributed by atoms with E-state index in [0.717, 1.165) is 5.01 Å². The third kappa shape index (κ3) is 4.57. The van der Waals surface area contributed by atoms with Crippen LogP contribution in [-0.4, -0.2) is 30.1 Å². The molecule has 1 aromatic heterocycles. The van der Waals surface area contributed by atoms with Gasteiger partial charge < -0.3 is 19.6 Å². The summed E-state index contributed by atoms with van der Waals surface area (Å²) in [5.74, 6) is 0. The number of aldehydes is 1. The summed E-state index contributed by atoms with van der Waals surface area (Å²) in [6.45, 7) is 7.21. The lowest BCUT2D eigenvalue weighted by Crippen LogP contribution is -2.47. The maximum atomic E-state index is 11.8. The van der Waals surface area contributed by atoms with Gasteiger partial charge in [0.1, 0.15) is 16.1 Å². The molecule has 0 bridgehead atoms. The number of aromatic nitrogens is 1. The molecule has 0 saturated heterocycles. The third-order valence-corrected chi connectivity index (χ3v) is 3.17. The van der Waals surface area contributed by atoms with Crippen molar-refractivity contribution in [3.05, 3.63) is 16.1 Å². The molecule has 0 radical (unpaired) electrons. The number of amides is 1. The Bertz CT molecular complexity index is 481. The van der Waals surface area contributed by atoms with E-state index >= 15 is 0 Å². The van der Waals surface area contributed by atoms with Crippen LogP contribution in [0.3, 0.4) is 0 Å². The number of hydrogen-bond donors (Lipinski definition) is 1. The minimum atomic E-state index is -1.22. The molecule has 6 nitrogen and oxygen atoms in total. The van der Waals surface area contributed by atoms with Gasteiger partial charge in [0.15, 0.2) is 6.29 Å². The van der Waals surface area contributed by atoms with Crippen molar-refractivity contribution < 1.29 is 19.1 Å². The van der Waals surface area contributed by atoms with E-state index in [0.29, 0.717) is 18.6 Å². The topological polar surface area (TPSA) is 77.5 Å². The predicted octanol–water partition coefficient (Wildman–Crippen LogP) is 2.23. The fraction of sp³-hybridized carbons (Fsp3) is 0.615. The second-order valence-corrected chi connectivity index (χ2v) is 6.45. The number of thiazole rings is 1. The highest BCUT2D eigenvalue weighted by Crippen LogP contribution is 2.22. The second-order valence-electron chi connectivity index (χ2n) is 5.51. The normalized spacial score (nSPS) is 14.4. The van der Waals surface area contributed by atoms with Crippen LogP contribution in [0.1, 0.15) is 38.4 Å². The van der Waals surface area contributed by atoms with Crippen molar-refractivity contribution in [2.24, 2.45) is 0 Å². The zero-order valence-electron chi connectivity index (χ0n) is 12.4. The van der Waals surface area contributed by atoms with Gasteiger partial charge in [0, 0.05) is 12.5 Å². The first-order chi connectivity index (χ1) is 9.20. The number of hydrogen-bond acceptors (Lipinski definition) is 6. The molecule has 0 aliphatic carbocycles. The number of methoxy groups -OCH3 is 1. The molecule has 0 spiro atoms. The lowest BCUT2D eigenvalue weighted by molar-refractivity contribution is -0.113. The minimum Gasteiger partial charge on any atom is -0.444 e. The molecule has 1 atom stereocenters. The largest absolute Gasteiger partial charge is 0.444 e. The van der Waals surface area contributed by atoms with Crippen molar-refractivity contribution in [3.8, 4) is 0 Å². The van der Waals surface area contributed by atoms with Gasteiger partial charge in [0.2, 0.25) is 0 Å². The quantitative estimate of drug-likeness (QED) is 0.844. The van der Waals surface area contributed by atoms with Crippen LogP contribution in [0.25, 0.3) is 0 Å². The van der Waals surface area contributed by atoms with Gasteiger partial charge in [-0.15, -0.1) is 11.3 Å². The lowest BCUT2D eigenvalue weighted by atomic mass is 10.0. The summed E-state index contributed by atoms with van der Waals surface area (Å²) in [4.78, 5) is 27.4. The molecule has 1 heterocycles. The van der Waals surface area contributed by atoms with Gasteiger partial charge in [-0.25, -0.2) is 9.78 Å². The van der Waals surface area contributed by atoms with Gasteiger partial charge >= 0.3 is 6.09 Å². The van der Waals surface area contributed by atoms with Crippen LogP contribution < -0.4 is 5.32 Å². The fourth-order valence-corrected chi connectivity index (χ4v) is 2.29. The monoisotopic (exact) mass is 300 g/mol. The molecule has 1 unspecified atom stereocenters. The van der Waals surface area contributed by atoms with Gasteiger partial charge in [0.05, 0.1) is 12.3 Å². The number of nitrogens with one attached hydrogen (secondary N) is 1. The molecular weight excluding hydrogens is 280 g/mol. The third-order valence-electron chi connectivity index (χ3n) is 2.35. The maximum Gasteiger partial charge on any atom is 0.408 e. The SMILES string of the molecule is COCc1nc(C(C)(C=O)NC(=O)OC(C)(C)C)cs1. The molecule has 0 aromatic carbocycles. The number of nitrogens with zero attached hydrogens (tertiary/aromatic N) is 1. The molecule has 1 rings (SSSR count). The molecular formula is C13H20N2O4S. The van der Waals surface area contributed by atoms with Crippen LogP contribution in [0.4, 0.5) is 4.79 Å². The first kappa shape index (κ1) is 16.6. The molecule has 0 saturated carbocycles. The highest BCUT2D eigenvalue weighted by molar-refractivity contribution is 7.09. The van der Waals surface area contributed by atoms with Crippen molar-refractivity contribution in [2.75, 3.05) is 7.11 Å². The van der Waals surface area contributed by atoms with Crippen molar-refractivity contribution >= 4 is 23.7 Å². The highest BCUT2D eigenvalue weighted by atomic mass is 32.1. The fourth-order valence-electron chi connectivity index (χ4n) is 1.41. The van der Waals surface area contributed by atoms with E-state index in [1.165, 1.54) is 11.3 Å². The molecule has 1 amide bonds. The number of rotatable bonds is 5. The molecule has 0 fully saturated rings. The summed E-state index contributed by atoms with van der Waals surface area (Å²) >= 11 is 1.37. The van der Waals surface area contributed by atoms with Gasteiger partial charge in [-0.05, 0) is 27.7 Å². The number of alkyl carbamates (subject to hydrolysis) is 1. The molecule has 20 heavy (non-hydrogen) atoms. The van der Waals surface area contributed by atoms with Crippen LogP contribution in [0.15, 0.2) is 5.38 Å². The summed E-state index contributed by atoms with van der Waals surface area (Å²) in [5.41, 5.74) is -1.38. The predicted molar refractivity (Wildman–Crippen MR) is 75.6 cm³/mol. The molecule has 112 valence electrons. The minimum absolute atomic E-state index is 0.367. The highest BCUT2D eigenvalue weighted by Gasteiger charge is 2.32. The summed E-state index contributed by atoms with van der Waals surface area (Å²) < 4.78 is 10.1. The van der Waals surface area contributed by atoms with Crippen LogP contribution >= 0.6 is 11.3 Å². The Hall–Kier alpha value is -1.47. The molecule has 0 aliphatic rings. The average molecular weight is 300 g/mol. The molecule has 1 N–H and O–H groups in total. The maximum absolute atomic E-state index is 11.8. The Labute approximate surface area is 122 Å². The van der Waals surface area contributed by atoms with Crippen LogP contribution in [-0.2, 0) is 26.4 Å². The summed E-state index contributed by atoms with van der Waals surface area (Å²) in [6.07, 6.45) is -0.0175. The molecule has 7 heteroatoms. The zero-order chi connectivity index (χ0) is 15.4. The molecule has 1 aromatic rings. The van der Waals surface area contributed by atoms with Crippen LogP contribution in [0.5, 0.6) is 0 Å². The van der Waals surface area contributed by atoms with Crippen molar-refractivity contribution in [3.63, 3.8) is 0 Å². The van der Waals surface area contributed by atoms with E-state index in [1.54, 1.807) is 40.2 Å². The van der Waals surface area contributed by atoms with E-state index in [2.05, 4.69) is 10.3 Å². The Morgan fingerprint density at radius 1 is 1.45 bits per heavy atom. The van der Waals surface area contributed by atoms with Crippen molar-refractivity contribution in [1.29, 1.82) is 0 Å². The zero-order valence-corrected chi connectivity index (χ0v) is 13.2. The average Bonchev–Trinajstić information content (AvgIpc) is 2.76. The van der Waals surface area contributed by atoms with E-state index in [9.17, 15) is 9.59 Å². The first-order valence-electron chi connectivity index (χ1n) is 6.11. The number of carbonyl (C=O) groups is 2. The Kier molecular flexibility index (Phi) is 5.24. The standard InChI is InChI=1S/C13H20N2O4S/c1-12(2,3)19-11(17)15-13(4,8-16)9-7-20-10(14-9)6-18-5/h7-8H,6H2,1-5H3,(H,15,17). The van der Waals surface area contributed by atoms with E-state index in [4.69, 9.17) is 9.47 Å². The number of ether oxygens (including phenoxy) is 2. The van der Waals surface area contributed by atoms with Gasteiger partial charge in [0.25, 0.3) is 0 Å². The smallest absolute Gasteiger partial charge is 0.408 e. The van der Waals surface area contributed by atoms with E-state index in [-0.39, 0.29) is 0 Å². The van der Waals surface area contributed by atoms with Gasteiger partial charge in [-0.2, -0.15) is 0 Å². The Morgan fingerprint density at radius 2 is 2.10 bits per heavy atom. The second kappa shape index (κ2) is 6.32. The van der Waals surface area contributed by atoms with Crippen LogP contribution in [0, 0.1) is 0 Å². The van der Waals surface area contributed by atoms with Crippen LogP contribution in [0.2, 0.25) is 0 Å². The molecule has 0 aliphatic heterocycles. The first-order valence-corrected chi connectivity index (χ1v) is 6.99. The van der Waals surface area contributed by atoms with Crippen molar-refractivity contribution in [2.45, 2.75) is 45.4 Å². The van der Waals surface area contributed by atoms with E-state index in [1.807, 2.05) is 0 Å². The van der Waals surface area contributed by atoms with Crippen molar-refractivity contribution in [1.82, 2.24) is 10.3 Å². The summed E-state index contributed by atoms with van der Waals surface area (Å²) in [7, 11) is 1.57. The summed E-state index contributed by atoms with van der Waals surface area (Å²) in [6, 6.07) is 0. The van der Waals surface area contributed by atoms with E-state index < -0.39 is 17.2 Å². The Balaban J connectivity index is 2.85. The Morgan fingerprint density at radius 3 is 2.60 bits per heavy atom. The number of carbonyl (C=O) groups excluding carboxylic acids is 2.